The van der Waals surface area contributed by atoms with E-state index in [9.17, 15) is 4.79 Å². The van der Waals surface area contributed by atoms with Gasteiger partial charge in [0, 0.05) is 24.0 Å². The lowest BCUT2D eigenvalue weighted by Gasteiger charge is -2.44. The lowest BCUT2D eigenvalue weighted by molar-refractivity contribution is -0.127. The molecule has 1 aliphatic carbocycles. The van der Waals surface area contributed by atoms with Gasteiger partial charge in [0.05, 0.1) is 48.2 Å². The molecule has 3 aromatic rings. The number of urea groups is 1. The molecule has 2 N–H and O–H groups in total. The van der Waals surface area contributed by atoms with E-state index < -0.39 is 6.03 Å². The van der Waals surface area contributed by atoms with Crippen LogP contribution in [0.4, 0.5) is 16.3 Å². The number of ether oxygens (including phenoxy) is 4. The standard InChI is InChI=1S/C36H45ClN6O6/c1-25-19-33(42-49-25)41-35(44)40-30-12-11-26(20-28(30)37)48-34-27-21-32(45-2)31(10-6-9-29(27)38-24-39-34)47-18-5-3-4-15-43-16-7-13-36(14-8-17-43)22-46-23-36/h9,11-12,19-21,24H,3-8,10,13-18,22-23H2,1-2H3,(H2,40,41,42,44)/b27-21+,29-9?,32-31-. The zero-order valence-electron chi connectivity index (χ0n) is 28.3. The number of methoxy groups -OCH3 is 1. The molecule has 262 valence electrons. The number of anilines is 2. The predicted molar refractivity (Wildman–Crippen MR) is 187 cm³/mol. The van der Waals surface area contributed by atoms with Crippen LogP contribution in [0.1, 0.15) is 63.5 Å². The summed E-state index contributed by atoms with van der Waals surface area (Å²) in [5.41, 5.74) is 0.890. The molecular weight excluding hydrogens is 648 g/mol. The number of nitrogens with one attached hydrogen (secondary N) is 2. The summed E-state index contributed by atoms with van der Waals surface area (Å²) in [6.45, 7) is 7.86. The van der Waals surface area contributed by atoms with E-state index in [0.717, 1.165) is 50.1 Å². The van der Waals surface area contributed by atoms with Crippen LogP contribution in [0.2, 0.25) is 5.02 Å². The van der Waals surface area contributed by atoms with E-state index >= 15 is 0 Å². The number of nitrogens with zero attached hydrogens (tertiary/aromatic N) is 4. The summed E-state index contributed by atoms with van der Waals surface area (Å²) in [5.74, 6) is 3.08. The Labute approximate surface area is 291 Å². The Bertz CT molecular complexity index is 1740. The summed E-state index contributed by atoms with van der Waals surface area (Å²) in [6, 6.07) is 6.04. The highest BCUT2D eigenvalue weighted by Crippen LogP contribution is 2.38. The third-order valence-electron chi connectivity index (χ3n) is 9.20. The van der Waals surface area contributed by atoms with Crippen molar-refractivity contribution in [3.05, 3.63) is 63.5 Å². The van der Waals surface area contributed by atoms with Gasteiger partial charge in [-0.25, -0.2) is 14.8 Å². The lowest BCUT2D eigenvalue weighted by atomic mass is 9.76. The average molecular weight is 693 g/mol. The molecular formula is C36H45ClN6O6. The topological polar surface area (TPSA) is 133 Å². The maximum absolute atomic E-state index is 12.4. The minimum Gasteiger partial charge on any atom is -0.494 e. The number of benzene rings is 1. The molecule has 2 aliphatic heterocycles. The van der Waals surface area contributed by atoms with Crippen LogP contribution >= 0.6 is 11.6 Å². The summed E-state index contributed by atoms with van der Waals surface area (Å²) in [6.07, 6.45) is 15.3. The summed E-state index contributed by atoms with van der Waals surface area (Å²) >= 11 is 6.50. The van der Waals surface area contributed by atoms with E-state index in [1.807, 2.05) is 6.08 Å². The molecule has 6 rings (SSSR count). The number of carbonyl (C=O) groups is 1. The van der Waals surface area contributed by atoms with E-state index in [2.05, 4.69) is 36.7 Å². The number of likely N-dealkylation sites (tertiary alicyclic amines) is 1. The van der Waals surface area contributed by atoms with Crippen molar-refractivity contribution < 1.29 is 28.3 Å². The van der Waals surface area contributed by atoms with Gasteiger partial charge in [-0.1, -0.05) is 22.8 Å². The molecule has 0 atom stereocenters. The van der Waals surface area contributed by atoms with Gasteiger partial charge in [-0.2, -0.15) is 0 Å². The van der Waals surface area contributed by atoms with Gasteiger partial charge in [-0.15, -0.1) is 0 Å². The van der Waals surface area contributed by atoms with Gasteiger partial charge in [0.15, 0.2) is 11.6 Å². The zero-order valence-corrected chi connectivity index (χ0v) is 29.0. The number of amides is 2. The molecule has 49 heavy (non-hydrogen) atoms. The first-order valence-corrected chi connectivity index (χ1v) is 17.5. The first-order chi connectivity index (χ1) is 23.9. The minimum atomic E-state index is -0.510. The molecule has 0 unspecified atom stereocenters. The van der Waals surface area contributed by atoms with Crippen LogP contribution in [0, 0.1) is 12.3 Å². The summed E-state index contributed by atoms with van der Waals surface area (Å²) in [7, 11) is 1.64. The van der Waals surface area contributed by atoms with Gasteiger partial charge in [-0.05, 0) is 96.1 Å². The van der Waals surface area contributed by atoms with E-state index in [1.54, 1.807) is 38.3 Å². The maximum Gasteiger partial charge on any atom is 0.324 e. The lowest BCUT2D eigenvalue weighted by Crippen LogP contribution is -2.45. The zero-order chi connectivity index (χ0) is 34.1. The van der Waals surface area contributed by atoms with Gasteiger partial charge < -0.3 is 33.7 Å². The number of allylic oxidation sites excluding steroid dienone is 2. The number of halogens is 1. The monoisotopic (exact) mass is 692 g/mol. The van der Waals surface area contributed by atoms with Crippen LogP contribution in [0.15, 0.2) is 46.6 Å². The van der Waals surface area contributed by atoms with Crippen LogP contribution in [-0.2, 0) is 14.2 Å². The molecule has 2 amide bonds. The Kier molecular flexibility index (Phi) is 11.7. The molecule has 2 aromatic heterocycles. The van der Waals surface area contributed by atoms with Crippen molar-refractivity contribution in [3.63, 3.8) is 0 Å². The second kappa shape index (κ2) is 16.5. The minimum absolute atomic E-state index is 0.281. The maximum atomic E-state index is 12.4. The van der Waals surface area contributed by atoms with Crippen LogP contribution in [0.3, 0.4) is 0 Å². The number of rotatable bonds is 12. The molecule has 1 spiro atoms. The summed E-state index contributed by atoms with van der Waals surface area (Å²) < 4.78 is 28.8. The van der Waals surface area contributed by atoms with Crippen molar-refractivity contribution >= 4 is 41.3 Å². The highest BCUT2D eigenvalue weighted by atomic mass is 35.5. The van der Waals surface area contributed by atoms with Gasteiger partial charge in [0.1, 0.15) is 23.6 Å². The van der Waals surface area contributed by atoms with Crippen molar-refractivity contribution in [2.75, 3.05) is 57.2 Å². The summed E-state index contributed by atoms with van der Waals surface area (Å²) in [4.78, 5) is 23.9. The molecule has 0 bridgehead atoms. The first-order valence-electron chi connectivity index (χ1n) is 17.1. The van der Waals surface area contributed by atoms with Crippen molar-refractivity contribution in [2.24, 2.45) is 5.41 Å². The average Bonchev–Trinajstić information content (AvgIpc) is 3.45. The quantitative estimate of drug-likeness (QED) is 0.213. The molecule has 0 radical (unpaired) electrons. The summed E-state index contributed by atoms with van der Waals surface area (Å²) in [5, 5.41) is 10.7. The third kappa shape index (κ3) is 9.31. The number of unbranched alkanes of at least 4 members (excludes halogenated alkanes) is 2. The fraction of sp³-hybridized carbons (Fsp3) is 0.500. The number of aromatic nitrogens is 3. The molecule has 4 heterocycles. The normalized spacial score (nSPS) is 19.8. The van der Waals surface area contributed by atoms with Gasteiger partial charge >= 0.3 is 6.03 Å². The second-order valence-corrected chi connectivity index (χ2v) is 13.4. The van der Waals surface area contributed by atoms with E-state index in [1.165, 1.54) is 51.5 Å². The number of hydrogen-bond donors (Lipinski definition) is 2. The Balaban J connectivity index is 1.04. The van der Waals surface area contributed by atoms with Crippen LogP contribution < -0.4 is 25.9 Å². The van der Waals surface area contributed by atoms with Crippen LogP contribution in [-0.4, -0.2) is 72.6 Å². The number of carbonyl (C=O) groups excluding carboxylic acids is 1. The smallest absolute Gasteiger partial charge is 0.324 e. The Morgan fingerprint density at radius 1 is 1.08 bits per heavy atom. The molecule has 2 saturated heterocycles. The van der Waals surface area contributed by atoms with Gasteiger partial charge in [-0.3, -0.25) is 5.32 Å². The molecule has 3 aliphatic rings. The van der Waals surface area contributed by atoms with E-state index in [0.29, 0.717) is 58.3 Å². The Morgan fingerprint density at radius 3 is 2.63 bits per heavy atom. The van der Waals surface area contributed by atoms with Crippen molar-refractivity contribution in [1.29, 1.82) is 0 Å². The third-order valence-corrected chi connectivity index (χ3v) is 9.52. The molecule has 2 fully saturated rings. The van der Waals surface area contributed by atoms with Gasteiger partial charge in [0.25, 0.3) is 0 Å². The fourth-order valence-electron chi connectivity index (χ4n) is 6.53. The number of aryl methyl sites for hydroxylation is 1. The molecule has 12 nitrogen and oxygen atoms in total. The first kappa shape index (κ1) is 34.7. The van der Waals surface area contributed by atoms with Crippen molar-refractivity contribution in [3.8, 4) is 11.6 Å². The highest BCUT2D eigenvalue weighted by Gasteiger charge is 2.38. The largest absolute Gasteiger partial charge is 0.494 e. The Hall–Kier alpha value is -4.13. The predicted octanol–water partition coefficient (Wildman–Crippen LogP) is 6.16. The molecule has 0 saturated carbocycles. The molecule has 1 aromatic carbocycles. The second-order valence-electron chi connectivity index (χ2n) is 13.0. The van der Waals surface area contributed by atoms with E-state index in [4.69, 9.17) is 35.1 Å². The highest BCUT2D eigenvalue weighted by molar-refractivity contribution is 6.34. The molecule has 13 heteroatoms. The van der Waals surface area contributed by atoms with Crippen molar-refractivity contribution in [1.82, 2.24) is 20.0 Å². The van der Waals surface area contributed by atoms with Crippen LogP contribution in [0.25, 0.3) is 12.2 Å². The number of hydrogen-bond acceptors (Lipinski definition) is 10. The SMILES string of the molecule is COC1=C(\OCCCCCN2CCCC3(CCC2)COC3)CCC=c2ncnc(Oc3ccc(NC(=O)Nc4cc(C)on4)c(Cl)c3)\c2=C\1. The number of fused-ring (bicyclic) bond motifs is 1. The van der Waals surface area contributed by atoms with Gasteiger partial charge in [0.2, 0.25) is 5.88 Å². The van der Waals surface area contributed by atoms with Crippen LogP contribution in [0.5, 0.6) is 11.6 Å². The Morgan fingerprint density at radius 2 is 1.92 bits per heavy atom. The fourth-order valence-corrected chi connectivity index (χ4v) is 6.75. The van der Waals surface area contributed by atoms with E-state index in [-0.39, 0.29) is 5.02 Å². The van der Waals surface area contributed by atoms with Crippen molar-refractivity contribution in [2.45, 2.75) is 64.7 Å².